The Balaban J connectivity index is 2.15. The zero-order chi connectivity index (χ0) is 10.7. The Labute approximate surface area is 91.0 Å². The molecule has 0 fully saturated rings. The number of unbranched alkanes of at least 4 members (excludes halogenated alkanes) is 1. The third-order valence-corrected chi connectivity index (χ3v) is 3.29. The van der Waals surface area contributed by atoms with Crippen molar-refractivity contribution in [2.24, 2.45) is 5.92 Å². The number of carbonyl (C=O) groups excluding carboxylic acids is 1. The van der Waals surface area contributed by atoms with Gasteiger partial charge in [0.1, 0.15) is 6.61 Å². The van der Waals surface area contributed by atoms with Crippen LogP contribution in [0.15, 0.2) is 23.3 Å². The second-order valence-corrected chi connectivity index (χ2v) is 4.33. The van der Waals surface area contributed by atoms with E-state index in [1.54, 1.807) is 0 Å². The summed E-state index contributed by atoms with van der Waals surface area (Å²) in [5.74, 6) is 0.450. The van der Waals surface area contributed by atoms with E-state index in [-0.39, 0.29) is 5.97 Å². The number of allylic oxidation sites excluding steroid dienone is 1. The van der Waals surface area contributed by atoms with Gasteiger partial charge in [0.25, 0.3) is 0 Å². The number of hydrogen-bond donors (Lipinski definition) is 0. The Morgan fingerprint density at radius 2 is 2.40 bits per heavy atom. The van der Waals surface area contributed by atoms with Crippen molar-refractivity contribution in [1.82, 2.24) is 0 Å². The Hall–Kier alpha value is -1.05. The summed E-state index contributed by atoms with van der Waals surface area (Å²) in [6.07, 6.45) is 10.00. The number of cyclic esters (lactones) is 1. The van der Waals surface area contributed by atoms with Gasteiger partial charge in [-0.1, -0.05) is 31.9 Å². The highest BCUT2D eigenvalue weighted by Crippen LogP contribution is 2.33. The molecule has 1 unspecified atom stereocenters. The van der Waals surface area contributed by atoms with E-state index >= 15 is 0 Å². The van der Waals surface area contributed by atoms with Crippen molar-refractivity contribution in [2.75, 3.05) is 6.61 Å². The van der Waals surface area contributed by atoms with Gasteiger partial charge >= 0.3 is 5.97 Å². The third-order valence-electron chi connectivity index (χ3n) is 3.29. The highest BCUT2D eigenvalue weighted by atomic mass is 16.5. The van der Waals surface area contributed by atoms with Crippen LogP contribution in [0.25, 0.3) is 0 Å². The number of rotatable bonds is 3. The van der Waals surface area contributed by atoms with Crippen LogP contribution in [0, 0.1) is 5.92 Å². The van der Waals surface area contributed by atoms with Gasteiger partial charge in [0, 0.05) is 0 Å². The topological polar surface area (TPSA) is 26.3 Å². The summed E-state index contributed by atoms with van der Waals surface area (Å²) in [5.41, 5.74) is 2.09. The second kappa shape index (κ2) is 4.65. The molecular formula is C13H18O2. The van der Waals surface area contributed by atoms with Crippen LogP contribution >= 0.6 is 0 Å². The smallest absolute Gasteiger partial charge is 0.338 e. The van der Waals surface area contributed by atoms with E-state index in [9.17, 15) is 4.79 Å². The van der Waals surface area contributed by atoms with Crippen molar-refractivity contribution in [2.45, 2.75) is 39.0 Å². The largest absolute Gasteiger partial charge is 0.458 e. The van der Waals surface area contributed by atoms with Gasteiger partial charge in [0.15, 0.2) is 0 Å². The molecule has 2 heteroatoms. The lowest BCUT2D eigenvalue weighted by molar-refractivity contribution is -0.135. The molecule has 0 radical (unpaired) electrons. The number of hydrogen-bond acceptors (Lipinski definition) is 2. The van der Waals surface area contributed by atoms with Crippen molar-refractivity contribution in [1.29, 1.82) is 0 Å². The summed E-state index contributed by atoms with van der Waals surface area (Å²) < 4.78 is 5.10. The van der Waals surface area contributed by atoms with E-state index in [1.807, 2.05) is 6.08 Å². The maximum absolute atomic E-state index is 11.4. The molecule has 2 rings (SSSR count). The van der Waals surface area contributed by atoms with Crippen LogP contribution in [0.3, 0.4) is 0 Å². The van der Waals surface area contributed by atoms with Crippen molar-refractivity contribution in [3.05, 3.63) is 23.3 Å². The van der Waals surface area contributed by atoms with Crippen molar-refractivity contribution >= 4 is 5.97 Å². The third kappa shape index (κ3) is 2.14. The molecule has 0 spiro atoms. The first-order valence-corrected chi connectivity index (χ1v) is 5.89. The highest BCUT2D eigenvalue weighted by Gasteiger charge is 2.29. The summed E-state index contributed by atoms with van der Waals surface area (Å²) in [6.45, 7) is 2.74. The van der Waals surface area contributed by atoms with Gasteiger partial charge in [-0.25, -0.2) is 4.79 Å². The Morgan fingerprint density at radius 1 is 1.53 bits per heavy atom. The Kier molecular flexibility index (Phi) is 3.24. The average Bonchev–Trinajstić information content (AvgIpc) is 2.50. The molecule has 0 aromatic heterocycles. The lowest BCUT2D eigenvalue weighted by Gasteiger charge is -2.15. The molecule has 0 saturated heterocycles. The number of carbonyl (C=O) groups is 1. The van der Waals surface area contributed by atoms with Gasteiger partial charge in [-0.2, -0.15) is 0 Å². The Bertz CT molecular complexity index is 312. The summed E-state index contributed by atoms with van der Waals surface area (Å²) in [7, 11) is 0. The molecule has 0 N–H and O–H groups in total. The molecule has 15 heavy (non-hydrogen) atoms. The average molecular weight is 206 g/mol. The lowest BCUT2D eigenvalue weighted by atomic mass is 9.89. The fourth-order valence-electron chi connectivity index (χ4n) is 2.38. The summed E-state index contributed by atoms with van der Waals surface area (Å²) >= 11 is 0. The zero-order valence-electron chi connectivity index (χ0n) is 9.29. The van der Waals surface area contributed by atoms with Gasteiger partial charge in [-0.15, -0.1) is 0 Å². The molecule has 0 amide bonds. The lowest BCUT2D eigenvalue weighted by Crippen LogP contribution is -2.06. The summed E-state index contributed by atoms with van der Waals surface area (Å²) in [5, 5.41) is 0. The molecule has 2 aliphatic rings. The van der Waals surface area contributed by atoms with Gasteiger partial charge < -0.3 is 4.74 Å². The molecule has 0 bridgehead atoms. The van der Waals surface area contributed by atoms with Crippen LogP contribution in [0.4, 0.5) is 0 Å². The fraction of sp³-hybridized carbons (Fsp3) is 0.615. The highest BCUT2D eigenvalue weighted by molar-refractivity contribution is 5.95. The minimum Gasteiger partial charge on any atom is -0.458 e. The van der Waals surface area contributed by atoms with Gasteiger partial charge in [-0.3, -0.25) is 0 Å². The minimum absolute atomic E-state index is 0.121. The summed E-state index contributed by atoms with van der Waals surface area (Å²) in [4.78, 5) is 11.4. The quantitative estimate of drug-likeness (QED) is 0.663. The van der Waals surface area contributed by atoms with E-state index in [1.165, 1.54) is 31.3 Å². The van der Waals surface area contributed by atoms with Crippen LogP contribution in [-0.2, 0) is 9.53 Å². The summed E-state index contributed by atoms with van der Waals surface area (Å²) in [6, 6.07) is 0. The zero-order valence-corrected chi connectivity index (χ0v) is 9.29. The monoisotopic (exact) mass is 206 g/mol. The molecule has 1 heterocycles. The molecule has 2 nitrogen and oxygen atoms in total. The van der Waals surface area contributed by atoms with Crippen molar-refractivity contribution in [3.63, 3.8) is 0 Å². The van der Waals surface area contributed by atoms with E-state index in [2.05, 4.69) is 13.0 Å². The first-order chi connectivity index (χ1) is 7.33. The standard InChI is InChI=1S/C13H18O2/c1-2-3-6-10-7-4-5-8-11-12(10)9-15-13(11)14/h5,8,10H,2-4,6-7,9H2,1H3. The van der Waals surface area contributed by atoms with E-state index in [4.69, 9.17) is 4.74 Å². The van der Waals surface area contributed by atoms with Crippen LogP contribution in [0.5, 0.6) is 0 Å². The van der Waals surface area contributed by atoms with Crippen LogP contribution in [0.1, 0.15) is 39.0 Å². The van der Waals surface area contributed by atoms with Crippen LogP contribution in [0.2, 0.25) is 0 Å². The number of ether oxygens (including phenoxy) is 1. The van der Waals surface area contributed by atoms with Crippen molar-refractivity contribution < 1.29 is 9.53 Å². The number of esters is 1. The van der Waals surface area contributed by atoms with E-state index < -0.39 is 0 Å². The predicted octanol–water partition coefficient (Wildman–Crippen LogP) is 3.00. The maximum Gasteiger partial charge on any atom is 0.338 e. The first-order valence-electron chi connectivity index (χ1n) is 5.89. The molecule has 0 aromatic carbocycles. The molecule has 1 aliphatic carbocycles. The normalized spacial score (nSPS) is 25.1. The molecule has 0 aromatic rings. The second-order valence-electron chi connectivity index (χ2n) is 4.33. The fourth-order valence-corrected chi connectivity index (χ4v) is 2.38. The molecule has 82 valence electrons. The van der Waals surface area contributed by atoms with Gasteiger partial charge in [-0.05, 0) is 30.8 Å². The van der Waals surface area contributed by atoms with Gasteiger partial charge in [0.2, 0.25) is 0 Å². The van der Waals surface area contributed by atoms with Crippen LogP contribution in [-0.4, -0.2) is 12.6 Å². The molecule has 0 saturated carbocycles. The Morgan fingerprint density at radius 3 is 3.20 bits per heavy atom. The maximum atomic E-state index is 11.4. The molecular weight excluding hydrogens is 188 g/mol. The van der Waals surface area contributed by atoms with Crippen LogP contribution < -0.4 is 0 Å². The molecule has 1 atom stereocenters. The predicted molar refractivity (Wildman–Crippen MR) is 59.4 cm³/mol. The van der Waals surface area contributed by atoms with E-state index in [0.29, 0.717) is 12.5 Å². The molecule has 1 aliphatic heterocycles. The minimum atomic E-state index is -0.121. The van der Waals surface area contributed by atoms with E-state index in [0.717, 1.165) is 12.0 Å². The van der Waals surface area contributed by atoms with Gasteiger partial charge in [0.05, 0.1) is 5.57 Å². The SMILES string of the molecule is CCCCC1CCC=CC2=C1COC2=O. The van der Waals surface area contributed by atoms with Crippen molar-refractivity contribution in [3.8, 4) is 0 Å². The first kappa shape index (κ1) is 10.5.